The zero-order chi connectivity index (χ0) is 60.7. The van der Waals surface area contributed by atoms with Crippen LogP contribution in [0.15, 0.2) is 72.8 Å². The lowest BCUT2D eigenvalue weighted by molar-refractivity contribution is -0.162. The van der Waals surface area contributed by atoms with Gasteiger partial charge in [-0.2, -0.15) is 0 Å². The monoisotopic (exact) mass is 1160 g/mol. The van der Waals surface area contributed by atoms with Crippen LogP contribution in [0, 0.1) is 20.8 Å². The summed E-state index contributed by atoms with van der Waals surface area (Å²) in [6, 6.07) is 20.3. The van der Waals surface area contributed by atoms with E-state index in [4.69, 9.17) is 37.9 Å². The van der Waals surface area contributed by atoms with Gasteiger partial charge in [0.1, 0.15) is 36.3 Å². The number of piperidine rings is 2. The Kier molecular flexibility index (Phi) is 25.7. The van der Waals surface area contributed by atoms with Crippen LogP contribution in [0.25, 0.3) is 0 Å². The Morgan fingerprint density at radius 3 is 2.25 bits per heavy atom. The minimum Gasteiger partial charge on any atom is -0.493 e. The summed E-state index contributed by atoms with van der Waals surface area (Å²) in [6.45, 7) is 13.0. The van der Waals surface area contributed by atoms with E-state index in [1.807, 2.05) is 51.1 Å². The van der Waals surface area contributed by atoms with Gasteiger partial charge in [0.15, 0.2) is 23.9 Å². The summed E-state index contributed by atoms with van der Waals surface area (Å²) < 4.78 is 44.6. The highest BCUT2D eigenvalue weighted by Gasteiger charge is 2.46. The highest BCUT2D eigenvalue weighted by atomic mass is 16.5. The number of methoxy groups -OCH3 is 3. The molecule has 4 aromatic rings. The van der Waals surface area contributed by atoms with Crippen LogP contribution in [-0.2, 0) is 54.1 Å². The average Bonchev–Trinajstić information content (AvgIpc) is 3.30. The van der Waals surface area contributed by atoms with Gasteiger partial charge in [-0.1, -0.05) is 56.3 Å². The second-order valence-electron chi connectivity index (χ2n) is 20.9. The number of Topliss-reactive ketones (excluding diaryl/α,β-unsaturated/α-hetero) is 1. The first-order valence-corrected chi connectivity index (χ1v) is 29.0. The van der Waals surface area contributed by atoms with Crippen LogP contribution in [0.1, 0.15) is 144 Å². The molecule has 3 heterocycles. The van der Waals surface area contributed by atoms with Crippen molar-refractivity contribution in [1.29, 1.82) is 0 Å². The molecule has 0 radical (unpaired) electrons. The fraction of sp³-hybridized carbons (Fsp3) is 0.500. The van der Waals surface area contributed by atoms with Crippen molar-refractivity contribution in [1.82, 2.24) is 20.4 Å². The van der Waals surface area contributed by atoms with Gasteiger partial charge in [0.2, 0.25) is 17.7 Å². The molecule has 20 nitrogen and oxygen atoms in total. The first kappa shape index (κ1) is 65.5. The number of carbonyl (C=O) groups is 8. The number of ketones is 1. The molecule has 4 atom stereocenters. The zero-order valence-corrected chi connectivity index (χ0v) is 49.8. The van der Waals surface area contributed by atoms with Gasteiger partial charge in [-0.25, -0.2) is 4.79 Å². The third-order valence-electron chi connectivity index (χ3n) is 14.9. The molecule has 0 bridgehead atoms. The van der Waals surface area contributed by atoms with E-state index in [0.717, 1.165) is 46.4 Å². The number of benzene rings is 4. The van der Waals surface area contributed by atoms with Crippen molar-refractivity contribution in [3.8, 4) is 23.0 Å². The maximum absolute atomic E-state index is 14.3. The number of aryl methyl sites for hydroxylation is 4. The minimum atomic E-state index is -1.05. The topological polar surface area (TPSA) is 241 Å². The number of hydrogen-bond acceptors (Lipinski definition) is 16. The van der Waals surface area contributed by atoms with E-state index in [2.05, 4.69) is 42.7 Å². The predicted molar refractivity (Wildman–Crippen MR) is 311 cm³/mol. The lowest BCUT2D eigenvalue weighted by Crippen LogP contribution is -2.54. The van der Waals surface area contributed by atoms with Crippen molar-refractivity contribution in [2.75, 3.05) is 80.7 Å². The van der Waals surface area contributed by atoms with E-state index in [9.17, 15) is 38.4 Å². The maximum Gasteiger partial charge on any atom is 0.329 e. The third kappa shape index (κ3) is 17.9. The Morgan fingerprint density at radius 1 is 0.738 bits per heavy atom. The smallest absolute Gasteiger partial charge is 0.329 e. The van der Waals surface area contributed by atoms with E-state index in [1.165, 1.54) is 23.3 Å². The molecule has 2 unspecified atom stereocenters. The van der Waals surface area contributed by atoms with Gasteiger partial charge < -0.3 is 48.1 Å². The summed E-state index contributed by atoms with van der Waals surface area (Å²) >= 11 is 0. The molecule has 4 aromatic carbocycles. The molecule has 454 valence electrons. The van der Waals surface area contributed by atoms with Crippen LogP contribution in [-0.4, -0.2) is 150 Å². The van der Waals surface area contributed by atoms with Crippen molar-refractivity contribution in [2.45, 2.75) is 129 Å². The van der Waals surface area contributed by atoms with Crippen molar-refractivity contribution in [2.24, 2.45) is 0 Å². The summed E-state index contributed by atoms with van der Waals surface area (Å²) in [5, 5.41) is 4.93. The number of carbonyl (C=O) groups excluding carboxylic acids is 8. The molecule has 3 aliphatic heterocycles. The fourth-order valence-corrected chi connectivity index (χ4v) is 10.3. The number of likely N-dealkylation sites (tertiary alicyclic amines) is 1. The van der Waals surface area contributed by atoms with Gasteiger partial charge in [0.05, 0.1) is 51.1 Å². The summed E-state index contributed by atoms with van der Waals surface area (Å²) in [7, 11) is 4.78. The van der Waals surface area contributed by atoms with E-state index < -0.39 is 53.7 Å². The van der Waals surface area contributed by atoms with Crippen molar-refractivity contribution >= 4 is 47.2 Å². The van der Waals surface area contributed by atoms with Crippen LogP contribution >= 0.6 is 0 Å². The Morgan fingerprint density at radius 2 is 1.52 bits per heavy atom. The van der Waals surface area contributed by atoms with Crippen molar-refractivity contribution < 1.29 is 76.3 Å². The SMILES string of the molecule is CCCOCCCC(=O)COc1cccc2c1C(=O)N(C1CCC(=O)NC1=O)C2=O.CC[C@H](C(=O)N1CCCC[C@H]1C(=O)OC(CCc1ccc(C)c(C)c1)c1cccc(OCC(=O)NCCOCCOC)c1)c1cc(C)c(OC)c(OC)c1. The molecule has 84 heavy (non-hydrogen) atoms. The molecule has 0 saturated carbocycles. The van der Waals surface area contributed by atoms with Crippen LogP contribution in [0.4, 0.5) is 0 Å². The number of rotatable bonds is 30. The Labute approximate surface area is 492 Å². The van der Waals surface area contributed by atoms with Crippen LogP contribution in [0.2, 0.25) is 0 Å². The first-order chi connectivity index (χ1) is 40.5. The average molecular weight is 1160 g/mol. The number of fused-ring (bicyclic) bond motifs is 1. The molecule has 0 aromatic heterocycles. The standard InChI is InChI=1S/C43H58N2O9.C21H24N2O7/c1-8-36(34-25-31(4)41(51-7)39(27-34)50-6)42(47)45-20-10-9-14-37(45)43(48)54-38(18-17-32-16-15-29(2)30(3)24-32)33-12-11-13-35(26-33)53-28-40(46)44-19-21-52-23-22-49-5;1-2-10-29-11-4-5-13(24)12-30-16-7-3-6-14-18(16)21(28)23(20(14)27)15-8-9-17(25)22-19(15)26/h11-13,15-16,24-27,36-38H,8-10,14,17-23,28H2,1-7H3,(H,44,46);3,6-7,15H,2,4-5,8-12H2,1H3,(H,22,25,26)/t36-,37-,38?;/m0./s1. The molecule has 2 fully saturated rings. The number of amides is 6. The zero-order valence-electron chi connectivity index (χ0n) is 49.8. The number of hydrogen-bond donors (Lipinski definition) is 2. The summed E-state index contributed by atoms with van der Waals surface area (Å²) in [4.78, 5) is 105. The second-order valence-corrected chi connectivity index (χ2v) is 20.9. The van der Waals surface area contributed by atoms with Crippen molar-refractivity contribution in [3.05, 3.63) is 117 Å². The lowest BCUT2D eigenvalue weighted by atomic mass is 9.91. The van der Waals surface area contributed by atoms with Gasteiger partial charge in [-0.15, -0.1) is 0 Å². The summed E-state index contributed by atoms with van der Waals surface area (Å²) in [6.07, 6.45) is 5.16. The van der Waals surface area contributed by atoms with Crippen molar-refractivity contribution in [3.63, 3.8) is 0 Å². The molecule has 2 saturated heterocycles. The van der Waals surface area contributed by atoms with Crippen LogP contribution in [0.3, 0.4) is 0 Å². The minimum absolute atomic E-state index is 0.0336. The molecular weight excluding hydrogens is 1080 g/mol. The number of esters is 1. The molecule has 0 spiro atoms. The number of nitrogens with zero attached hydrogens (tertiary/aromatic N) is 2. The van der Waals surface area contributed by atoms with Gasteiger partial charge in [0.25, 0.3) is 17.7 Å². The molecular formula is C64H82N4O16. The van der Waals surface area contributed by atoms with E-state index in [1.54, 1.807) is 38.4 Å². The maximum atomic E-state index is 14.3. The predicted octanol–water partition coefficient (Wildman–Crippen LogP) is 7.82. The number of ether oxygens (including phenoxy) is 8. The first-order valence-electron chi connectivity index (χ1n) is 29.0. The highest BCUT2D eigenvalue weighted by molar-refractivity contribution is 6.24. The molecule has 20 heteroatoms. The molecule has 3 aliphatic rings. The van der Waals surface area contributed by atoms with Gasteiger partial charge in [0, 0.05) is 46.3 Å². The Hall–Kier alpha value is -7.68. The summed E-state index contributed by atoms with van der Waals surface area (Å²) in [5.74, 6) is -2.01. The number of nitrogens with one attached hydrogen (secondary N) is 2. The summed E-state index contributed by atoms with van der Waals surface area (Å²) in [5.41, 5.74) is 6.14. The van der Waals surface area contributed by atoms with Crippen LogP contribution < -0.4 is 29.6 Å². The second kappa shape index (κ2) is 33.0. The highest BCUT2D eigenvalue weighted by Crippen LogP contribution is 2.38. The van der Waals surface area contributed by atoms with Gasteiger partial charge in [-0.05, 0) is 142 Å². The Bertz CT molecular complexity index is 2940. The normalized spacial score (nSPS) is 16.4. The molecule has 0 aliphatic carbocycles. The lowest BCUT2D eigenvalue weighted by Gasteiger charge is -2.37. The van der Waals surface area contributed by atoms with Gasteiger partial charge >= 0.3 is 5.97 Å². The van der Waals surface area contributed by atoms with E-state index in [0.29, 0.717) is 95.5 Å². The fourth-order valence-electron chi connectivity index (χ4n) is 10.3. The number of imide groups is 2. The largest absolute Gasteiger partial charge is 0.493 e. The third-order valence-corrected chi connectivity index (χ3v) is 14.9. The van der Waals surface area contributed by atoms with E-state index >= 15 is 0 Å². The molecule has 7 rings (SSSR count). The van der Waals surface area contributed by atoms with E-state index in [-0.39, 0.29) is 67.0 Å². The Balaban J connectivity index is 0.000000317. The quantitative estimate of drug-likeness (QED) is 0.0287. The van der Waals surface area contributed by atoms with Gasteiger partial charge in [-0.3, -0.25) is 43.8 Å². The molecule has 6 amide bonds. The van der Waals surface area contributed by atoms with Crippen LogP contribution in [0.5, 0.6) is 23.0 Å². The molecule has 2 N–H and O–H groups in total.